The van der Waals surface area contributed by atoms with Gasteiger partial charge < -0.3 is 15.2 Å². The van der Waals surface area contributed by atoms with Crippen LogP contribution in [0.1, 0.15) is 0 Å². The predicted octanol–water partition coefficient (Wildman–Crippen LogP) is 5.53. The molecule has 0 fully saturated rings. The maximum absolute atomic E-state index is 11.3. The van der Waals surface area contributed by atoms with Gasteiger partial charge >= 0.3 is 0 Å². The second kappa shape index (κ2) is 9.33. The molecule has 0 amide bonds. The van der Waals surface area contributed by atoms with Crippen LogP contribution in [0.25, 0.3) is 27.5 Å². The Bertz CT molecular complexity index is 1240. The average Bonchev–Trinajstić information content (AvgIpc) is 3.06. The van der Waals surface area contributed by atoms with Crippen molar-refractivity contribution in [2.24, 2.45) is 7.05 Å². The fourth-order valence-corrected chi connectivity index (χ4v) is 3.76. The first-order chi connectivity index (χ1) is 14.0. The molecule has 0 bridgehead atoms. The van der Waals surface area contributed by atoms with Gasteiger partial charge in [-0.1, -0.05) is 30.0 Å². The smallest absolute Gasteiger partial charge is 0.256 e. The van der Waals surface area contributed by atoms with Gasteiger partial charge in [-0.15, -0.1) is 7.05 Å². The molecular formula is C20H16IN6O2U-. The molecule has 0 atom stereocenters. The largest absolute Gasteiger partial charge is 0.681 e. The Morgan fingerprint density at radius 2 is 2.00 bits per heavy atom. The number of aromatic nitrogens is 3. The first kappa shape index (κ1) is 22.5. The van der Waals surface area contributed by atoms with Crippen molar-refractivity contribution in [3.05, 3.63) is 73.9 Å². The van der Waals surface area contributed by atoms with Crippen LogP contribution in [0.2, 0.25) is 0 Å². The van der Waals surface area contributed by atoms with Crippen LogP contribution in [0.4, 0.5) is 23.0 Å². The second-order valence-corrected chi connectivity index (χ2v) is 7.53. The SMILES string of the molecule is C[N-]c1ccc(Nc2ncc(I)c(-c3cn(C)c4ccccc34)n2)cc1[N+](=O)[O-].[U]. The van der Waals surface area contributed by atoms with E-state index in [2.05, 4.69) is 59.9 Å². The maximum atomic E-state index is 11.3. The molecule has 30 heavy (non-hydrogen) atoms. The third-order valence-electron chi connectivity index (χ3n) is 4.57. The number of nitrogens with zero attached hydrogens (tertiary/aromatic N) is 5. The quantitative estimate of drug-likeness (QED) is 0.165. The Balaban J connectivity index is 0.00000256. The van der Waals surface area contributed by atoms with E-state index in [9.17, 15) is 10.1 Å². The van der Waals surface area contributed by atoms with Crippen molar-refractivity contribution in [2.75, 3.05) is 12.4 Å². The van der Waals surface area contributed by atoms with E-state index < -0.39 is 4.92 Å². The number of nitro groups is 1. The minimum Gasteiger partial charge on any atom is -0.681 e. The number of hydrogen-bond acceptors (Lipinski definition) is 5. The fourth-order valence-electron chi connectivity index (χ4n) is 3.21. The van der Waals surface area contributed by atoms with Crippen LogP contribution in [0.5, 0.6) is 0 Å². The maximum Gasteiger partial charge on any atom is 0.256 e. The van der Waals surface area contributed by atoms with Gasteiger partial charge in [-0.25, -0.2) is 9.97 Å². The molecular weight excluding hydrogens is 721 g/mol. The number of benzene rings is 2. The van der Waals surface area contributed by atoms with Gasteiger partial charge in [-0.2, -0.15) is 0 Å². The molecule has 0 saturated heterocycles. The summed E-state index contributed by atoms with van der Waals surface area (Å²) < 4.78 is 2.97. The Morgan fingerprint density at radius 1 is 1.23 bits per heavy atom. The third-order valence-corrected chi connectivity index (χ3v) is 5.35. The first-order valence-corrected chi connectivity index (χ1v) is 9.78. The van der Waals surface area contributed by atoms with Gasteiger partial charge in [0, 0.05) is 78.8 Å². The second-order valence-electron chi connectivity index (χ2n) is 6.37. The minimum atomic E-state index is -0.455. The molecule has 2 aromatic carbocycles. The monoisotopic (exact) mass is 737 g/mol. The van der Waals surface area contributed by atoms with Gasteiger partial charge in [0.1, 0.15) is 0 Å². The molecule has 0 aliphatic rings. The normalized spacial score (nSPS) is 10.5. The molecule has 8 nitrogen and oxygen atoms in total. The summed E-state index contributed by atoms with van der Waals surface area (Å²) in [5.41, 5.74) is 3.69. The molecule has 0 spiro atoms. The number of hydrogen-bond donors (Lipinski definition) is 1. The standard InChI is InChI=1S/C20H16IN6O2.U/c1-22-16-8-7-12(9-18(16)27(28)29)24-20-23-10-15(21)19(25-20)14-11-26(2)17-6-4-3-5-13(14)17;/h3-11H,1-2H3,(H,23,24,25);/q-1;. The zero-order valence-electron chi connectivity index (χ0n) is 16.1. The van der Waals surface area contributed by atoms with Gasteiger partial charge in [-0.05, 0) is 34.7 Å². The molecule has 4 rings (SSSR count). The summed E-state index contributed by atoms with van der Waals surface area (Å²) in [6, 6.07) is 12.9. The van der Waals surface area contributed by atoms with Crippen LogP contribution in [-0.4, -0.2) is 26.5 Å². The molecule has 0 saturated carbocycles. The van der Waals surface area contributed by atoms with E-state index in [1.165, 1.54) is 13.1 Å². The predicted molar refractivity (Wildman–Crippen MR) is 122 cm³/mol. The molecule has 0 aliphatic carbocycles. The molecule has 1 N–H and O–H groups in total. The Kier molecular flexibility index (Phi) is 7.00. The van der Waals surface area contributed by atoms with Crippen LogP contribution in [0.15, 0.2) is 54.9 Å². The van der Waals surface area contributed by atoms with Crippen LogP contribution in [0, 0.1) is 44.8 Å². The van der Waals surface area contributed by atoms with Gasteiger partial charge in [-0.3, -0.25) is 10.1 Å². The average molecular weight is 737 g/mol. The number of nitrogens with one attached hydrogen (secondary N) is 1. The summed E-state index contributed by atoms with van der Waals surface area (Å²) in [4.78, 5) is 19.8. The van der Waals surface area contributed by atoms with Crippen LogP contribution in [0.3, 0.4) is 0 Å². The summed E-state index contributed by atoms with van der Waals surface area (Å²) in [6.07, 6.45) is 3.78. The van der Waals surface area contributed by atoms with Gasteiger partial charge in [0.05, 0.1) is 14.2 Å². The van der Waals surface area contributed by atoms with E-state index in [0.29, 0.717) is 17.3 Å². The minimum absolute atomic E-state index is 0. The van der Waals surface area contributed by atoms with Crippen molar-refractivity contribution < 1.29 is 36.0 Å². The third kappa shape index (κ3) is 4.31. The van der Waals surface area contributed by atoms with Crippen LogP contribution in [-0.2, 0) is 7.05 Å². The van der Waals surface area contributed by atoms with Gasteiger partial charge in [0.15, 0.2) is 0 Å². The van der Waals surface area contributed by atoms with E-state index in [-0.39, 0.29) is 36.8 Å². The number of halogens is 1. The first-order valence-electron chi connectivity index (χ1n) is 8.70. The van der Waals surface area contributed by atoms with E-state index in [0.717, 1.165) is 25.7 Å². The van der Waals surface area contributed by atoms with Gasteiger partial charge in [0.25, 0.3) is 5.69 Å². The molecule has 0 radical (unpaired) electrons. The molecule has 0 aliphatic heterocycles. The van der Waals surface area contributed by atoms with Crippen molar-refractivity contribution >= 4 is 56.5 Å². The van der Waals surface area contributed by atoms with E-state index in [1.54, 1.807) is 18.3 Å². The molecule has 10 heteroatoms. The summed E-state index contributed by atoms with van der Waals surface area (Å²) in [6.45, 7) is 0. The Hall–Kier alpha value is -2.16. The van der Waals surface area contributed by atoms with Crippen molar-refractivity contribution in [3.63, 3.8) is 0 Å². The fraction of sp³-hybridized carbons (Fsp3) is 0.100. The molecule has 150 valence electrons. The van der Waals surface area contributed by atoms with E-state index >= 15 is 0 Å². The van der Waals surface area contributed by atoms with Gasteiger partial charge in [0.2, 0.25) is 5.95 Å². The topological polar surface area (TPSA) is 100.0 Å². The zero-order chi connectivity index (χ0) is 20.5. The number of anilines is 2. The molecule has 0 unspecified atom stereocenters. The number of aryl methyl sites for hydroxylation is 1. The van der Waals surface area contributed by atoms with Crippen molar-refractivity contribution in [2.45, 2.75) is 0 Å². The van der Waals surface area contributed by atoms with Crippen molar-refractivity contribution in [1.29, 1.82) is 0 Å². The number of para-hydroxylation sites is 1. The number of nitro benzene ring substituents is 1. The van der Waals surface area contributed by atoms with Crippen LogP contribution >= 0.6 is 22.6 Å². The summed E-state index contributed by atoms with van der Waals surface area (Å²) in [5, 5.41) is 19.4. The summed E-state index contributed by atoms with van der Waals surface area (Å²) in [5.74, 6) is 0.365. The van der Waals surface area contributed by atoms with Crippen molar-refractivity contribution in [3.8, 4) is 11.3 Å². The molecule has 2 aromatic heterocycles. The zero-order valence-corrected chi connectivity index (χ0v) is 22.4. The Morgan fingerprint density at radius 3 is 2.73 bits per heavy atom. The summed E-state index contributed by atoms with van der Waals surface area (Å²) in [7, 11) is 3.52. The molecule has 2 heterocycles. The molecule has 4 aromatic rings. The number of rotatable bonds is 5. The van der Waals surface area contributed by atoms with Crippen LogP contribution < -0.4 is 5.32 Å². The van der Waals surface area contributed by atoms with E-state index in [4.69, 9.17) is 0 Å². The number of fused-ring (bicyclic) bond motifs is 1. The Labute approximate surface area is 210 Å². The van der Waals surface area contributed by atoms with E-state index in [1.807, 2.05) is 25.4 Å². The summed E-state index contributed by atoms with van der Waals surface area (Å²) >= 11 is 2.21. The van der Waals surface area contributed by atoms with Crippen molar-refractivity contribution in [1.82, 2.24) is 14.5 Å².